The van der Waals surface area contributed by atoms with Gasteiger partial charge in [-0.15, -0.1) is 0 Å². The summed E-state index contributed by atoms with van der Waals surface area (Å²) in [5.41, 5.74) is 6.76. The van der Waals surface area contributed by atoms with Gasteiger partial charge in [-0.3, -0.25) is 4.79 Å². The first kappa shape index (κ1) is 19.3. The molecule has 3 N–H and O–H groups in total. The number of nitrogens with zero attached hydrogens (tertiary/aromatic N) is 1. The fourth-order valence-electron chi connectivity index (χ4n) is 2.46. The maximum atomic E-state index is 11.8. The van der Waals surface area contributed by atoms with Crippen LogP contribution in [0.4, 0.5) is 5.69 Å². The molecule has 1 amide bonds. The van der Waals surface area contributed by atoms with Crippen molar-refractivity contribution in [3.8, 4) is 5.75 Å². The number of benzene rings is 1. The summed E-state index contributed by atoms with van der Waals surface area (Å²) < 4.78 is 5.82. The largest absolute Gasteiger partial charge is 0.493 e. The molecule has 23 heavy (non-hydrogen) atoms. The van der Waals surface area contributed by atoms with E-state index >= 15 is 0 Å². The highest BCUT2D eigenvalue weighted by Crippen LogP contribution is 2.26. The summed E-state index contributed by atoms with van der Waals surface area (Å²) in [6.45, 7) is 10.9. The first-order valence-electron chi connectivity index (χ1n) is 8.65. The van der Waals surface area contributed by atoms with Crippen LogP contribution in [0.1, 0.15) is 50.4 Å². The van der Waals surface area contributed by atoms with Crippen LogP contribution in [-0.4, -0.2) is 43.6 Å². The third-order valence-electron chi connectivity index (χ3n) is 3.89. The number of carbonyl (C=O) groups excluding carboxylic acids is 1. The molecule has 0 bridgehead atoms. The van der Waals surface area contributed by atoms with Crippen molar-refractivity contribution in [2.75, 3.05) is 38.1 Å². The number of hydrogen-bond acceptors (Lipinski definition) is 4. The van der Waals surface area contributed by atoms with Crippen molar-refractivity contribution in [2.24, 2.45) is 5.73 Å². The number of primary amides is 1. The highest BCUT2D eigenvalue weighted by molar-refractivity contribution is 6.01. The lowest BCUT2D eigenvalue weighted by atomic mass is 10.1. The van der Waals surface area contributed by atoms with E-state index in [9.17, 15) is 4.79 Å². The molecule has 0 saturated heterocycles. The summed E-state index contributed by atoms with van der Waals surface area (Å²) in [5, 5.41) is 3.27. The summed E-state index contributed by atoms with van der Waals surface area (Å²) in [6, 6.07) is 5.57. The number of anilines is 1. The fourth-order valence-corrected chi connectivity index (χ4v) is 2.46. The van der Waals surface area contributed by atoms with Crippen molar-refractivity contribution in [1.29, 1.82) is 0 Å². The fraction of sp³-hybridized carbons (Fsp3) is 0.611. The quantitative estimate of drug-likeness (QED) is 0.581. The Kier molecular flexibility index (Phi) is 9.14. The molecular weight excluding hydrogens is 290 g/mol. The van der Waals surface area contributed by atoms with Crippen molar-refractivity contribution < 1.29 is 9.53 Å². The second-order valence-electron chi connectivity index (χ2n) is 5.55. The normalized spacial score (nSPS) is 10.8. The summed E-state index contributed by atoms with van der Waals surface area (Å²) in [7, 11) is 0. The number of nitrogens with two attached hydrogens (primary N) is 1. The van der Waals surface area contributed by atoms with E-state index in [2.05, 4.69) is 31.0 Å². The van der Waals surface area contributed by atoms with Gasteiger partial charge in [-0.05, 0) is 38.1 Å². The SMILES string of the molecule is CCCCNc1cccc(OCCCN(CC)CC)c1C(N)=O. The third kappa shape index (κ3) is 6.48. The second kappa shape index (κ2) is 10.9. The topological polar surface area (TPSA) is 67.6 Å². The minimum absolute atomic E-state index is 0.450. The van der Waals surface area contributed by atoms with Crippen LogP contribution in [0.5, 0.6) is 5.75 Å². The highest BCUT2D eigenvalue weighted by atomic mass is 16.5. The van der Waals surface area contributed by atoms with Gasteiger partial charge in [0.15, 0.2) is 0 Å². The van der Waals surface area contributed by atoms with Crippen molar-refractivity contribution in [1.82, 2.24) is 4.90 Å². The number of hydrogen-bond donors (Lipinski definition) is 2. The Morgan fingerprint density at radius 2 is 1.96 bits per heavy atom. The van der Waals surface area contributed by atoms with Crippen LogP contribution in [-0.2, 0) is 0 Å². The lowest BCUT2D eigenvalue weighted by Gasteiger charge is -2.18. The Morgan fingerprint density at radius 3 is 2.57 bits per heavy atom. The Morgan fingerprint density at radius 1 is 1.22 bits per heavy atom. The molecule has 0 atom stereocenters. The van der Waals surface area contributed by atoms with E-state index in [1.807, 2.05) is 18.2 Å². The van der Waals surface area contributed by atoms with E-state index in [0.717, 1.165) is 51.1 Å². The van der Waals surface area contributed by atoms with E-state index in [4.69, 9.17) is 10.5 Å². The van der Waals surface area contributed by atoms with Gasteiger partial charge in [0, 0.05) is 13.1 Å². The smallest absolute Gasteiger partial charge is 0.254 e. The molecule has 0 fully saturated rings. The zero-order valence-electron chi connectivity index (χ0n) is 14.7. The van der Waals surface area contributed by atoms with Gasteiger partial charge in [0.25, 0.3) is 5.91 Å². The molecule has 1 rings (SSSR count). The van der Waals surface area contributed by atoms with Gasteiger partial charge >= 0.3 is 0 Å². The molecule has 0 spiro atoms. The summed E-state index contributed by atoms with van der Waals surface area (Å²) >= 11 is 0. The first-order chi connectivity index (χ1) is 11.1. The zero-order chi connectivity index (χ0) is 17.1. The molecule has 5 nitrogen and oxygen atoms in total. The average Bonchev–Trinajstić information content (AvgIpc) is 2.55. The van der Waals surface area contributed by atoms with Crippen molar-refractivity contribution in [2.45, 2.75) is 40.0 Å². The maximum absolute atomic E-state index is 11.8. The minimum atomic E-state index is -0.455. The van der Waals surface area contributed by atoms with Gasteiger partial charge in [0.2, 0.25) is 0 Å². The number of carbonyl (C=O) groups is 1. The molecule has 0 aliphatic rings. The average molecular weight is 321 g/mol. The predicted molar refractivity (Wildman–Crippen MR) is 96.3 cm³/mol. The zero-order valence-corrected chi connectivity index (χ0v) is 14.7. The second-order valence-corrected chi connectivity index (χ2v) is 5.55. The van der Waals surface area contributed by atoms with Gasteiger partial charge in [-0.1, -0.05) is 33.3 Å². The van der Waals surface area contributed by atoms with Gasteiger partial charge in [0.1, 0.15) is 11.3 Å². The lowest BCUT2D eigenvalue weighted by Crippen LogP contribution is -2.25. The number of nitrogens with one attached hydrogen (secondary N) is 1. The summed E-state index contributed by atoms with van der Waals surface area (Å²) in [5.74, 6) is 0.113. The van der Waals surface area contributed by atoms with E-state index in [1.165, 1.54) is 0 Å². The Balaban J connectivity index is 2.66. The van der Waals surface area contributed by atoms with Crippen LogP contribution in [0, 0.1) is 0 Å². The van der Waals surface area contributed by atoms with Gasteiger partial charge in [-0.25, -0.2) is 0 Å². The van der Waals surface area contributed by atoms with Crippen LogP contribution in [0.25, 0.3) is 0 Å². The lowest BCUT2D eigenvalue weighted by molar-refractivity contribution is 0.0997. The molecule has 1 aromatic rings. The molecule has 0 saturated carbocycles. The van der Waals surface area contributed by atoms with E-state index in [0.29, 0.717) is 17.9 Å². The third-order valence-corrected chi connectivity index (χ3v) is 3.89. The van der Waals surface area contributed by atoms with Gasteiger partial charge in [-0.2, -0.15) is 0 Å². The number of rotatable bonds is 12. The Bertz CT molecular complexity index is 473. The van der Waals surface area contributed by atoms with E-state index in [-0.39, 0.29) is 0 Å². The number of unbranched alkanes of at least 4 members (excludes halogenated alkanes) is 1. The van der Waals surface area contributed by atoms with E-state index < -0.39 is 5.91 Å². The number of amides is 1. The Labute approximate surface area is 140 Å². The molecule has 130 valence electrons. The summed E-state index contributed by atoms with van der Waals surface area (Å²) in [6.07, 6.45) is 3.07. The minimum Gasteiger partial charge on any atom is -0.493 e. The molecule has 0 radical (unpaired) electrons. The maximum Gasteiger partial charge on any atom is 0.254 e. The van der Waals surface area contributed by atoms with Crippen molar-refractivity contribution in [3.63, 3.8) is 0 Å². The van der Waals surface area contributed by atoms with Crippen LogP contribution in [0.3, 0.4) is 0 Å². The molecule has 0 heterocycles. The Hall–Kier alpha value is -1.75. The molecule has 0 aliphatic heterocycles. The molecule has 0 unspecified atom stereocenters. The highest BCUT2D eigenvalue weighted by Gasteiger charge is 2.14. The van der Waals surface area contributed by atoms with Gasteiger partial charge in [0.05, 0.1) is 12.3 Å². The van der Waals surface area contributed by atoms with E-state index in [1.54, 1.807) is 0 Å². The van der Waals surface area contributed by atoms with Crippen LogP contribution in [0.2, 0.25) is 0 Å². The summed E-state index contributed by atoms with van der Waals surface area (Å²) in [4.78, 5) is 14.2. The number of ether oxygens (including phenoxy) is 1. The van der Waals surface area contributed by atoms with Crippen LogP contribution >= 0.6 is 0 Å². The molecule has 0 aliphatic carbocycles. The van der Waals surface area contributed by atoms with Crippen molar-refractivity contribution >= 4 is 11.6 Å². The first-order valence-corrected chi connectivity index (χ1v) is 8.65. The van der Waals surface area contributed by atoms with Crippen LogP contribution < -0.4 is 15.8 Å². The standard InChI is InChI=1S/C18H31N3O2/c1-4-7-12-20-15-10-8-11-16(17(15)18(19)22)23-14-9-13-21(5-2)6-3/h8,10-11,20H,4-7,9,12-14H2,1-3H3,(H2,19,22). The molecular formula is C18H31N3O2. The molecule has 5 heteroatoms. The van der Waals surface area contributed by atoms with Crippen LogP contribution in [0.15, 0.2) is 18.2 Å². The monoisotopic (exact) mass is 321 g/mol. The molecule has 0 aromatic heterocycles. The van der Waals surface area contributed by atoms with Gasteiger partial charge < -0.3 is 20.7 Å². The predicted octanol–water partition coefficient (Wildman–Crippen LogP) is 3.11. The van der Waals surface area contributed by atoms with Crippen molar-refractivity contribution in [3.05, 3.63) is 23.8 Å². The molecule has 1 aromatic carbocycles.